The lowest BCUT2D eigenvalue weighted by Gasteiger charge is -2.18. The maximum absolute atomic E-state index is 12.0. The summed E-state index contributed by atoms with van der Waals surface area (Å²) in [4.78, 5) is 22.4. The molecule has 20 heavy (non-hydrogen) atoms. The summed E-state index contributed by atoms with van der Waals surface area (Å²) in [7, 11) is 1.60. The van der Waals surface area contributed by atoms with Gasteiger partial charge in [0.1, 0.15) is 0 Å². The molecule has 0 saturated carbocycles. The summed E-state index contributed by atoms with van der Waals surface area (Å²) in [5.41, 5.74) is 0.380. The molecule has 1 aliphatic heterocycles. The Kier molecular flexibility index (Phi) is 4.65. The van der Waals surface area contributed by atoms with Crippen molar-refractivity contribution in [2.24, 2.45) is 0 Å². The van der Waals surface area contributed by atoms with Gasteiger partial charge in [-0.15, -0.1) is 0 Å². The highest BCUT2D eigenvalue weighted by molar-refractivity contribution is 5.80. The van der Waals surface area contributed by atoms with Gasteiger partial charge in [-0.2, -0.15) is 0 Å². The summed E-state index contributed by atoms with van der Waals surface area (Å²) in [5.74, 6) is -0.241. The maximum Gasteiger partial charge on any atom is 0.273 e. The Morgan fingerprint density at radius 1 is 1.50 bits per heavy atom. The molecule has 2 rings (SSSR count). The van der Waals surface area contributed by atoms with Gasteiger partial charge in [0.05, 0.1) is 23.5 Å². The summed E-state index contributed by atoms with van der Waals surface area (Å²) in [5, 5.41) is 16.9. The number of ether oxygens (including phenoxy) is 1. The number of nitro groups is 1. The van der Waals surface area contributed by atoms with Crippen LogP contribution in [0.5, 0.6) is 0 Å². The molecule has 1 heterocycles. The fraction of sp³-hybridized carbons (Fsp3) is 0.462. The lowest BCUT2D eigenvalue weighted by atomic mass is 10.1. The van der Waals surface area contributed by atoms with E-state index < -0.39 is 4.92 Å². The van der Waals surface area contributed by atoms with E-state index >= 15 is 0 Å². The van der Waals surface area contributed by atoms with Gasteiger partial charge >= 0.3 is 0 Å². The minimum atomic E-state index is -0.475. The Bertz CT molecular complexity index is 506. The smallest absolute Gasteiger partial charge is 0.273 e. The number of nitrogens with zero attached hydrogens (tertiary/aromatic N) is 1. The van der Waals surface area contributed by atoms with Crippen LogP contribution >= 0.6 is 0 Å². The van der Waals surface area contributed by atoms with Crippen LogP contribution in [0.25, 0.3) is 0 Å². The zero-order chi connectivity index (χ0) is 14.5. The number of rotatable bonds is 5. The minimum Gasteiger partial charge on any atom is -0.378 e. The third-order valence-electron chi connectivity index (χ3n) is 3.35. The van der Waals surface area contributed by atoms with Crippen molar-refractivity contribution in [1.29, 1.82) is 0 Å². The normalized spacial score (nSPS) is 21.6. The Morgan fingerprint density at radius 3 is 2.95 bits per heavy atom. The molecule has 2 N–H and O–H groups in total. The first kappa shape index (κ1) is 14.4. The fourth-order valence-corrected chi connectivity index (χ4v) is 2.32. The largest absolute Gasteiger partial charge is 0.378 e. The zero-order valence-corrected chi connectivity index (χ0v) is 11.2. The Morgan fingerprint density at radius 2 is 2.25 bits per heavy atom. The highest BCUT2D eigenvalue weighted by atomic mass is 16.6. The van der Waals surface area contributed by atoms with Crippen molar-refractivity contribution in [3.05, 3.63) is 39.9 Å². The van der Waals surface area contributed by atoms with E-state index in [1.165, 1.54) is 6.07 Å². The first-order valence-corrected chi connectivity index (χ1v) is 6.37. The molecule has 0 radical (unpaired) electrons. The van der Waals surface area contributed by atoms with Gasteiger partial charge in [-0.1, -0.05) is 18.2 Å². The molecule has 2 atom stereocenters. The summed E-state index contributed by atoms with van der Waals surface area (Å²) >= 11 is 0. The number of carbonyl (C=O) groups is 1. The highest BCUT2D eigenvalue weighted by Crippen LogP contribution is 2.18. The Hall–Kier alpha value is -1.99. The van der Waals surface area contributed by atoms with E-state index in [1.54, 1.807) is 25.3 Å². The van der Waals surface area contributed by atoms with Crippen molar-refractivity contribution in [3.63, 3.8) is 0 Å². The number of nitrogens with one attached hydrogen (secondary N) is 2. The molecule has 0 spiro atoms. The molecule has 1 unspecified atom stereocenters. The van der Waals surface area contributed by atoms with E-state index in [-0.39, 0.29) is 30.2 Å². The number of para-hydroxylation sites is 1. The zero-order valence-electron chi connectivity index (χ0n) is 11.2. The number of amides is 1. The van der Waals surface area contributed by atoms with Crippen LogP contribution < -0.4 is 10.6 Å². The molecular weight excluding hydrogens is 262 g/mol. The molecule has 1 aromatic rings. The number of methoxy groups -OCH3 is 1. The predicted octanol–water partition coefficient (Wildman–Crippen LogP) is 0.240. The predicted molar refractivity (Wildman–Crippen MR) is 72.4 cm³/mol. The van der Waals surface area contributed by atoms with E-state index in [0.717, 1.165) is 0 Å². The first-order chi connectivity index (χ1) is 9.61. The molecular formula is C13H17N3O4. The van der Waals surface area contributed by atoms with Crippen molar-refractivity contribution >= 4 is 11.6 Å². The van der Waals surface area contributed by atoms with E-state index in [4.69, 9.17) is 4.74 Å². The molecule has 0 bridgehead atoms. The van der Waals surface area contributed by atoms with E-state index in [9.17, 15) is 14.9 Å². The molecule has 7 heteroatoms. The summed E-state index contributed by atoms with van der Waals surface area (Å²) < 4.78 is 5.25. The van der Waals surface area contributed by atoms with Crippen molar-refractivity contribution in [2.45, 2.75) is 18.6 Å². The molecule has 1 aromatic carbocycles. The molecule has 1 amide bonds. The van der Waals surface area contributed by atoms with Gasteiger partial charge in [-0.3, -0.25) is 14.9 Å². The molecule has 1 saturated heterocycles. The first-order valence-electron chi connectivity index (χ1n) is 6.37. The van der Waals surface area contributed by atoms with Crippen LogP contribution in [0.1, 0.15) is 5.56 Å². The molecule has 108 valence electrons. The molecule has 7 nitrogen and oxygen atoms in total. The summed E-state index contributed by atoms with van der Waals surface area (Å²) in [6.07, 6.45) is -0.0749. The van der Waals surface area contributed by atoms with Crippen molar-refractivity contribution in [2.75, 3.05) is 20.2 Å². The average molecular weight is 279 g/mol. The molecule has 1 aliphatic rings. The van der Waals surface area contributed by atoms with E-state index in [1.807, 2.05) is 0 Å². The van der Waals surface area contributed by atoms with Crippen molar-refractivity contribution in [1.82, 2.24) is 10.6 Å². The average Bonchev–Trinajstić information content (AvgIpc) is 2.86. The SMILES string of the molecule is CO[C@H]1CNCC1NC(=O)Cc1ccccc1[N+](=O)[O-]. The monoisotopic (exact) mass is 279 g/mol. The second-order valence-corrected chi connectivity index (χ2v) is 4.67. The number of benzene rings is 1. The van der Waals surface area contributed by atoms with Crippen LogP contribution in [-0.2, 0) is 16.0 Å². The fourth-order valence-electron chi connectivity index (χ4n) is 2.32. The third kappa shape index (κ3) is 3.31. The Labute approximate surface area is 116 Å². The van der Waals surface area contributed by atoms with Crippen LogP contribution in [-0.4, -0.2) is 43.2 Å². The second kappa shape index (κ2) is 6.44. The van der Waals surface area contributed by atoms with Crippen LogP contribution in [0, 0.1) is 10.1 Å². The van der Waals surface area contributed by atoms with Gasteiger partial charge in [0, 0.05) is 31.8 Å². The van der Waals surface area contributed by atoms with E-state index in [0.29, 0.717) is 18.7 Å². The number of hydrogen-bond acceptors (Lipinski definition) is 5. The Balaban J connectivity index is 2.00. The lowest BCUT2D eigenvalue weighted by molar-refractivity contribution is -0.385. The van der Waals surface area contributed by atoms with Crippen molar-refractivity contribution < 1.29 is 14.5 Å². The lowest BCUT2D eigenvalue weighted by Crippen LogP contribution is -2.44. The quantitative estimate of drug-likeness (QED) is 0.595. The van der Waals surface area contributed by atoms with Gasteiger partial charge in [0.25, 0.3) is 5.69 Å². The number of hydrogen-bond donors (Lipinski definition) is 2. The second-order valence-electron chi connectivity index (χ2n) is 4.67. The van der Waals surface area contributed by atoms with Crippen molar-refractivity contribution in [3.8, 4) is 0 Å². The number of carbonyl (C=O) groups excluding carboxylic acids is 1. The third-order valence-corrected chi connectivity index (χ3v) is 3.35. The summed E-state index contributed by atoms with van der Waals surface area (Å²) in [6, 6.07) is 6.16. The molecule has 1 fully saturated rings. The van der Waals surface area contributed by atoms with Crippen LogP contribution in [0.4, 0.5) is 5.69 Å². The standard InChI is InChI=1S/C13H17N3O4/c1-20-12-8-14-7-10(12)15-13(17)6-9-4-2-3-5-11(9)16(18)19/h2-5,10,12,14H,6-8H2,1H3,(H,15,17)/t10?,12-/m0/s1. The van der Waals surface area contributed by atoms with Gasteiger partial charge in [0.2, 0.25) is 5.91 Å². The number of nitro benzene ring substituents is 1. The highest BCUT2D eigenvalue weighted by Gasteiger charge is 2.28. The summed E-state index contributed by atoms with van der Waals surface area (Å²) in [6.45, 7) is 1.33. The molecule has 0 aromatic heterocycles. The van der Waals surface area contributed by atoms with Crippen LogP contribution in [0.15, 0.2) is 24.3 Å². The van der Waals surface area contributed by atoms with Crippen LogP contribution in [0.2, 0.25) is 0 Å². The van der Waals surface area contributed by atoms with Gasteiger partial charge < -0.3 is 15.4 Å². The van der Waals surface area contributed by atoms with Gasteiger partial charge in [-0.25, -0.2) is 0 Å². The topological polar surface area (TPSA) is 93.5 Å². The van der Waals surface area contributed by atoms with E-state index in [2.05, 4.69) is 10.6 Å². The van der Waals surface area contributed by atoms with Crippen LogP contribution in [0.3, 0.4) is 0 Å². The van der Waals surface area contributed by atoms with Gasteiger partial charge in [-0.05, 0) is 0 Å². The minimum absolute atomic E-state index is 0.00983. The maximum atomic E-state index is 12.0. The van der Waals surface area contributed by atoms with Gasteiger partial charge in [0.15, 0.2) is 0 Å². The molecule has 0 aliphatic carbocycles.